The average Bonchev–Trinajstić information content (AvgIpc) is 2.82. The number of amides is 1. The van der Waals surface area contributed by atoms with E-state index in [1.165, 1.54) is 6.07 Å². The summed E-state index contributed by atoms with van der Waals surface area (Å²) in [7, 11) is 0. The van der Waals surface area contributed by atoms with Crippen LogP contribution in [0.3, 0.4) is 0 Å². The molecule has 190 valence electrons. The molecule has 1 amide bonds. The minimum atomic E-state index is -3.17. The van der Waals surface area contributed by atoms with Crippen LogP contribution < -0.4 is 15.4 Å². The molecule has 0 radical (unpaired) electrons. The van der Waals surface area contributed by atoms with E-state index in [1.807, 2.05) is 38.1 Å². The van der Waals surface area contributed by atoms with Gasteiger partial charge in [0.15, 0.2) is 0 Å². The van der Waals surface area contributed by atoms with E-state index in [2.05, 4.69) is 10.6 Å². The van der Waals surface area contributed by atoms with Gasteiger partial charge in [-0.3, -0.25) is 9.59 Å². The van der Waals surface area contributed by atoms with Crippen molar-refractivity contribution in [3.63, 3.8) is 0 Å². The number of ether oxygens (including phenoxy) is 1. The van der Waals surface area contributed by atoms with E-state index in [4.69, 9.17) is 16.7 Å². The molecule has 0 heterocycles. The normalized spacial score (nSPS) is 14.5. The lowest BCUT2D eigenvalue weighted by Crippen LogP contribution is -2.31. The number of aromatic carboxylic acids is 1. The van der Waals surface area contributed by atoms with Crippen molar-refractivity contribution in [2.45, 2.75) is 58.8 Å². The van der Waals surface area contributed by atoms with Gasteiger partial charge in [-0.25, -0.2) is 4.79 Å². The summed E-state index contributed by atoms with van der Waals surface area (Å²) in [5.74, 6) is -2.92. The number of para-hydroxylation sites is 1. The second-order valence-electron chi connectivity index (χ2n) is 8.63. The number of benzene rings is 2. The predicted molar refractivity (Wildman–Crippen MR) is 135 cm³/mol. The van der Waals surface area contributed by atoms with Crippen LogP contribution in [0.5, 0.6) is 5.75 Å². The number of carboxylic acid groups (broad SMARTS) is 2. The van der Waals surface area contributed by atoms with E-state index in [9.17, 15) is 19.5 Å². The summed E-state index contributed by atoms with van der Waals surface area (Å²) in [6.45, 7) is -1.71. The molecule has 0 fully saturated rings. The molecule has 4 N–H and O–H groups in total. The number of rotatable bonds is 15. The molecule has 0 saturated carbocycles. The summed E-state index contributed by atoms with van der Waals surface area (Å²) in [6.07, 6.45) is 1.73. The number of hydrogen-bond acceptors (Lipinski definition) is 5. The summed E-state index contributed by atoms with van der Waals surface area (Å²) < 4.78 is 42.4. The van der Waals surface area contributed by atoms with Crippen molar-refractivity contribution in [1.82, 2.24) is 5.32 Å². The molecule has 0 aliphatic rings. The first-order valence-electron chi connectivity index (χ1n) is 14.0. The second kappa shape index (κ2) is 14.0. The van der Waals surface area contributed by atoms with Crippen molar-refractivity contribution < 1.29 is 36.2 Å². The van der Waals surface area contributed by atoms with Gasteiger partial charge in [0.05, 0.1) is 21.8 Å². The number of nitrogens with one attached hydrogen (secondary N) is 2. The van der Waals surface area contributed by atoms with Gasteiger partial charge in [-0.05, 0) is 61.4 Å². The molecule has 0 saturated heterocycles. The number of carboxylic acids is 2. The van der Waals surface area contributed by atoms with Gasteiger partial charge in [-0.15, -0.1) is 0 Å². The van der Waals surface area contributed by atoms with Crippen LogP contribution in [-0.4, -0.2) is 41.2 Å². The summed E-state index contributed by atoms with van der Waals surface area (Å²) in [5, 5.41) is 24.6. The predicted octanol–water partition coefficient (Wildman–Crippen LogP) is 4.90. The highest BCUT2D eigenvalue weighted by molar-refractivity contribution is 5.91. The fourth-order valence-corrected chi connectivity index (χ4v) is 3.74. The van der Waals surface area contributed by atoms with Crippen molar-refractivity contribution in [1.29, 1.82) is 0 Å². The highest BCUT2D eigenvalue weighted by Gasteiger charge is 2.20. The third-order valence-corrected chi connectivity index (χ3v) is 5.31. The molecule has 2 aromatic rings. The molecule has 0 bridgehead atoms. The average molecular weight is 490 g/mol. The number of aliphatic carboxylic acids is 1. The van der Waals surface area contributed by atoms with Crippen LogP contribution in [0.1, 0.15) is 80.8 Å². The van der Waals surface area contributed by atoms with Gasteiger partial charge in [0.25, 0.3) is 0 Å². The van der Waals surface area contributed by atoms with Crippen LogP contribution in [0.25, 0.3) is 0 Å². The van der Waals surface area contributed by atoms with Crippen LogP contribution in [0.15, 0.2) is 42.5 Å². The number of carbonyl (C=O) groups excluding carboxylic acids is 1. The first kappa shape index (κ1) is 20.8. The third-order valence-electron chi connectivity index (χ3n) is 5.31. The van der Waals surface area contributed by atoms with Crippen LogP contribution in [0.4, 0.5) is 5.69 Å². The Morgan fingerprint density at radius 1 is 1.11 bits per heavy atom. The first-order valence-corrected chi connectivity index (χ1v) is 11.5. The Morgan fingerprint density at radius 2 is 1.89 bits per heavy atom. The summed E-state index contributed by atoms with van der Waals surface area (Å²) in [5.41, 5.74) is 1.56. The summed E-state index contributed by atoms with van der Waals surface area (Å²) in [6, 6.07) is 10.8. The van der Waals surface area contributed by atoms with Crippen LogP contribution >= 0.6 is 0 Å². The number of carbonyl (C=O) groups is 3. The minimum absolute atomic E-state index is 0.0936. The zero-order valence-electron chi connectivity index (χ0n) is 25.0. The maximum absolute atomic E-state index is 13.1. The van der Waals surface area contributed by atoms with E-state index in [0.29, 0.717) is 31.4 Å². The molecule has 8 heteroatoms. The maximum atomic E-state index is 13.1. The van der Waals surface area contributed by atoms with Crippen molar-refractivity contribution in [3.8, 4) is 5.75 Å². The molecule has 2 aromatic carbocycles. The number of anilines is 1. The molecule has 2 rings (SSSR count). The van der Waals surface area contributed by atoms with Crippen molar-refractivity contribution >= 4 is 23.5 Å². The van der Waals surface area contributed by atoms with E-state index in [-0.39, 0.29) is 30.7 Å². The van der Waals surface area contributed by atoms with Gasteiger partial charge in [-0.1, -0.05) is 38.1 Å². The van der Waals surface area contributed by atoms with Crippen LogP contribution in [0.2, 0.25) is 0 Å². The summed E-state index contributed by atoms with van der Waals surface area (Å²) in [4.78, 5) is 35.5. The summed E-state index contributed by atoms with van der Waals surface area (Å²) >= 11 is 0. The van der Waals surface area contributed by atoms with Crippen LogP contribution in [0, 0.1) is 5.92 Å². The Hall–Kier alpha value is -3.55. The van der Waals surface area contributed by atoms with Gasteiger partial charge < -0.3 is 25.6 Å². The molecule has 0 aliphatic carbocycles. The molecule has 0 aliphatic heterocycles. The molecule has 0 aromatic heterocycles. The lowest BCUT2D eigenvalue weighted by Gasteiger charge is -2.24. The zero-order chi connectivity index (χ0) is 30.1. The molecular formula is C27H36N2O6. The minimum Gasteiger partial charge on any atom is -0.493 e. The Kier molecular flexibility index (Phi) is 8.31. The molecule has 0 spiro atoms. The Bertz CT molecular complexity index is 1190. The van der Waals surface area contributed by atoms with Gasteiger partial charge >= 0.3 is 11.9 Å². The third kappa shape index (κ3) is 9.31. The van der Waals surface area contributed by atoms with Crippen molar-refractivity contribution in [2.24, 2.45) is 5.92 Å². The van der Waals surface area contributed by atoms with Gasteiger partial charge in [0, 0.05) is 22.8 Å². The van der Waals surface area contributed by atoms with Gasteiger partial charge in [0.1, 0.15) is 11.3 Å². The topological polar surface area (TPSA) is 125 Å². The maximum Gasteiger partial charge on any atom is 0.339 e. The van der Waals surface area contributed by atoms with E-state index >= 15 is 0 Å². The largest absolute Gasteiger partial charge is 0.493 e. The highest BCUT2D eigenvalue weighted by Crippen LogP contribution is 2.28. The smallest absolute Gasteiger partial charge is 0.339 e. The quantitative estimate of drug-likeness (QED) is 0.262. The first-order chi connectivity index (χ1) is 18.6. The van der Waals surface area contributed by atoms with E-state index in [1.54, 1.807) is 0 Å². The molecule has 8 nitrogen and oxygen atoms in total. The Balaban J connectivity index is 2.23. The second-order valence-corrected chi connectivity index (χ2v) is 8.63. The number of unbranched alkanes of at least 4 members (excludes halogenated alkanes) is 1. The van der Waals surface area contributed by atoms with Crippen molar-refractivity contribution in [3.05, 3.63) is 59.2 Å². The lowest BCUT2D eigenvalue weighted by molar-refractivity contribution is -0.137. The zero-order valence-corrected chi connectivity index (χ0v) is 20.0. The molecule has 35 heavy (non-hydrogen) atoms. The molecule has 0 unspecified atom stereocenters. The van der Waals surface area contributed by atoms with Crippen LogP contribution in [-0.2, 0) is 16.0 Å². The molecular weight excluding hydrogens is 448 g/mol. The molecule has 1 atom stereocenters. The Morgan fingerprint density at radius 3 is 2.57 bits per heavy atom. The van der Waals surface area contributed by atoms with Gasteiger partial charge in [0.2, 0.25) is 5.91 Å². The SMILES string of the molecule is [2H]C([2H])([2H])C([2H])([2H])Oc1cc(CC(=O)N[C@@H](CC(C)C)c2ccccc2NCCCCC(=O)O)ccc1C(=O)O. The standard InChI is InChI=1S/C27H36N2O6/c1-4-35-24-16-19(12-13-21(24)27(33)34)17-25(30)29-23(15-18(2)3)20-9-5-6-10-22(20)28-14-8-7-11-26(31)32/h5-6,9-10,12-13,16,18,23,28H,4,7-8,11,14-15,17H2,1-3H3,(H,29,30)(H,31,32)(H,33,34)/t23-/m0/s1/i1D3,4D2. The monoisotopic (exact) mass is 489 g/mol. The Labute approximate surface area is 213 Å². The highest BCUT2D eigenvalue weighted by atomic mass is 16.5. The van der Waals surface area contributed by atoms with E-state index < -0.39 is 36.7 Å². The number of hydrogen-bond donors (Lipinski definition) is 4. The lowest BCUT2D eigenvalue weighted by atomic mass is 9.95. The fraction of sp³-hybridized carbons (Fsp3) is 0.444. The van der Waals surface area contributed by atoms with Gasteiger partial charge in [-0.2, -0.15) is 0 Å². The van der Waals surface area contributed by atoms with Crippen molar-refractivity contribution in [2.75, 3.05) is 18.4 Å². The van der Waals surface area contributed by atoms with E-state index in [0.717, 1.165) is 23.4 Å². The fourth-order valence-electron chi connectivity index (χ4n) is 3.74.